The molecule has 0 aliphatic rings. The molecule has 0 unspecified atom stereocenters. The van der Waals surface area contributed by atoms with Crippen molar-refractivity contribution >= 4 is 23.6 Å². The van der Waals surface area contributed by atoms with Crippen molar-refractivity contribution in [1.82, 2.24) is 4.98 Å². The minimum atomic E-state index is -1.05. The van der Waals surface area contributed by atoms with Crippen LogP contribution in [0, 0.1) is 0 Å². The second kappa shape index (κ2) is 6.33. The van der Waals surface area contributed by atoms with Crippen molar-refractivity contribution in [2.24, 2.45) is 0 Å². The quantitative estimate of drug-likeness (QED) is 0.744. The summed E-state index contributed by atoms with van der Waals surface area (Å²) in [6, 6.07) is 11.0. The first-order valence-corrected chi connectivity index (χ1v) is 6.06. The van der Waals surface area contributed by atoms with Crippen LogP contribution in [-0.2, 0) is 4.79 Å². The van der Waals surface area contributed by atoms with Gasteiger partial charge in [-0.05, 0) is 29.8 Å². The van der Waals surface area contributed by atoms with Gasteiger partial charge in [-0.3, -0.25) is 9.59 Å². The Hall–Kier alpha value is -3.15. The number of aromatic amines is 1. The molecule has 1 amide bonds. The monoisotopic (exact) mass is 284 g/mol. The number of aromatic nitrogens is 1. The van der Waals surface area contributed by atoms with Gasteiger partial charge >= 0.3 is 5.97 Å². The molecule has 6 nitrogen and oxygen atoms in total. The van der Waals surface area contributed by atoms with Crippen LogP contribution < -0.4 is 10.9 Å². The van der Waals surface area contributed by atoms with Gasteiger partial charge in [0, 0.05) is 17.8 Å². The average molecular weight is 284 g/mol. The number of hydrogen-bond acceptors (Lipinski definition) is 3. The highest BCUT2D eigenvalue weighted by molar-refractivity contribution is 6.02. The van der Waals surface area contributed by atoms with Crippen LogP contribution >= 0.6 is 0 Å². The summed E-state index contributed by atoms with van der Waals surface area (Å²) in [7, 11) is 0. The summed E-state index contributed by atoms with van der Waals surface area (Å²) in [5.41, 5.74) is 0.920. The topological polar surface area (TPSA) is 99.3 Å². The van der Waals surface area contributed by atoms with Gasteiger partial charge in [0.1, 0.15) is 5.69 Å². The van der Waals surface area contributed by atoms with Crippen molar-refractivity contribution in [2.45, 2.75) is 0 Å². The predicted octanol–water partition coefficient (Wildman–Crippen LogP) is 1.72. The summed E-state index contributed by atoms with van der Waals surface area (Å²) in [4.78, 5) is 36.0. The first-order chi connectivity index (χ1) is 10.0. The van der Waals surface area contributed by atoms with Crippen LogP contribution in [0.25, 0.3) is 6.08 Å². The van der Waals surface area contributed by atoms with Crippen LogP contribution in [0.3, 0.4) is 0 Å². The third-order valence-electron chi connectivity index (χ3n) is 2.58. The molecule has 0 fully saturated rings. The molecular formula is C15H12N2O4. The minimum Gasteiger partial charge on any atom is -0.478 e. The average Bonchev–Trinajstić information content (AvgIpc) is 2.45. The third-order valence-corrected chi connectivity index (χ3v) is 2.58. The van der Waals surface area contributed by atoms with Crippen molar-refractivity contribution in [3.8, 4) is 0 Å². The summed E-state index contributed by atoms with van der Waals surface area (Å²) in [5, 5.41) is 11.2. The zero-order chi connectivity index (χ0) is 15.2. The number of carboxylic acid groups (broad SMARTS) is 1. The summed E-state index contributed by atoms with van der Waals surface area (Å²) in [6.45, 7) is 0. The van der Waals surface area contributed by atoms with Crippen LogP contribution in [0.5, 0.6) is 0 Å². The molecule has 0 aliphatic carbocycles. The number of hydrogen-bond donors (Lipinski definition) is 3. The maximum absolute atomic E-state index is 12.0. The van der Waals surface area contributed by atoms with Crippen molar-refractivity contribution in [3.05, 3.63) is 70.2 Å². The molecule has 2 rings (SSSR count). The Kier molecular flexibility index (Phi) is 4.30. The van der Waals surface area contributed by atoms with Crippen LogP contribution in [-0.4, -0.2) is 22.0 Å². The van der Waals surface area contributed by atoms with Crippen molar-refractivity contribution in [2.75, 3.05) is 5.32 Å². The number of pyridine rings is 1. The summed E-state index contributed by atoms with van der Waals surface area (Å²) >= 11 is 0. The Morgan fingerprint density at radius 1 is 1.14 bits per heavy atom. The molecule has 6 heteroatoms. The second-order valence-corrected chi connectivity index (χ2v) is 4.18. The molecule has 0 saturated carbocycles. The summed E-state index contributed by atoms with van der Waals surface area (Å²) in [6.07, 6.45) is 2.43. The van der Waals surface area contributed by atoms with Gasteiger partial charge < -0.3 is 15.4 Å². The lowest BCUT2D eigenvalue weighted by molar-refractivity contribution is -0.131. The molecular weight excluding hydrogens is 272 g/mol. The molecule has 1 aromatic carbocycles. The molecule has 0 saturated heterocycles. The number of carbonyl (C=O) groups is 2. The Balaban J connectivity index is 2.16. The van der Waals surface area contributed by atoms with E-state index >= 15 is 0 Å². The summed E-state index contributed by atoms with van der Waals surface area (Å²) in [5.74, 6) is -1.50. The number of aliphatic carboxylic acids is 1. The van der Waals surface area contributed by atoms with Gasteiger partial charge in [0.25, 0.3) is 5.91 Å². The van der Waals surface area contributed by atoms with Crippen LogP contribution in [0.1, 0.15) is 16.1 Å². The van der Waals surface area contributed by atoms with E-state index in [0.29, 0.717) is 11.3 Å². The maximum atomic E-state index is 12.0. The fourth-order valence-corrected chi connectivity index (χ4v) is 1.67. The van der Waals surface area contributed by atoms with E-state index in [1.54, 1.807) is 24.3 Å². The molecule has 2 aromatic rings. The molecule has 1 heterocycles. The molecule has 21 heavy (non-hydrogen) atoms. The van der Waals surface area contributed by atoms with Gasteiger partial charge in [-0.1, -0.05) is 18.2 Å². The SMILES string of the molecule is O=C(O)/C=C/c1cccc(NC(=O)c2cccc(=O)[nH]2)c1. The highest BCUT2D eigenvalue weighted by atomic mass is 16.4. The molecule has 0 atom stereocenters. The number of rotatable bonds is 4. The van der Waals surface area contributed by atoms with E-state index in [9.17, 15) is 14.4 Å². The van der Waals surface area contributed by atoms with Gasteiger partial charge in [0.2, 0.25) is 5.56 Å². The standard InChI is InChI=1S/C15H12N2O4/c18-13-6-2-5-12(17-13)15(21)16-11-4-1-3-10(9-11)7-8-14(19)20/h1-9H,(H,16,21)(H,17,18)(H,19,20)/b8-7+. The third kappa shape index (κ3) is 4.17. The molecule has 106 valence electrons. The van der Waals surface area contributed by atoms with E-state index in [4.69, 9.17) is 5.11 Å². The molecule has 0 aliphatic heterocycles. The van der Waals surface area contributed by atoms with Crippen molar-refractivity contribution in [1.29, 1.82) is 0 Å². The van der Waals surface area contributed by atoms with E-state index in [0.717, 1.165) is 6.08 Å². The fraction of sp³-hybridized carbons (Fsp3) is 0. The number of benzene rings is 1. The Labute approximate surface area is 119 Å². The first kappa shape index (κ1) is 14.3. The lowest BCUT2D eigenvalue weighted by Crippen LogP contribution is -2.17. The smallest absolute Gasteiger partial charge is 0.328 e. The van der Waals surface area contributed by atoms with Gasteiger partial charge in [-0.25, -0.2) is 4.79 Å². The van der Waals surface area contributed by atoms with Crippen LogP contribution in [0.15, 0.2) is 53.3 Å². The van der Waals surface area contributed by atoms with E-state index < -0.39 is 11.9 Å². The number of carboxylic acids is 1. The van der Waals surface area contributed by atoms with Crippen molar-refractivity contribution in [3.63, 3.8) is 0 Å². The van der Waals surface area contributed by atoms with Crippen molar-refractivity contribution < 1.29 is 14.7 Å². The lowest BCUT2D eigenvalue weighted by atomic mass is 10.2. The van der Waals surface area contributed by atoms with Gasteiger partial charge in [0.15, 0.2) is 0 Å². The summed E-state index contributed by atoms with van der Waals surface area (Å²) < 4.78 is 0. The molecule has 1 aromatic heterocycles. The number of amides is 1. The normalized spacial score (nSPS) is 10.5. The number of nitrogens with one attached hydrogen (secondary N) is 2. The van der Waals surface area contributed by atoms with E-state index in [1.807, 2.05) is 0 Å². The minimum absolute atomic E-state index is 0.147. The lowest BCUT2D eigenvalue weighted by Gasteiger charge is -2.05. The number of carbonyl (C=O) groups excluding carboxylic acids is 1. The Morgan fingerprint density at radius 3 is 2.62 bits per heavy atom. The Morgan fingerprint density at radius 2 is 1.90 bits per heavy atom. The molecule has 0 radical (unpaired) electrons. The highest BCUT2D eigenvalue weighted by Crippen LogP contribution is 2.12. The zero-order valence-electron chi connectivity index (χ0n) is 10.9. The van der Waals surface area contributed by atoms with Crippen LogP contribution in [0.2, 0.25) is 0 Å². The molecule has 0 bridgehead atoms. The van der Waals surface area contributed by atoms with E-state index in [-0.39, 0.29) is 11.3 Å². The van der Waals surface area contributed by atoms with E-state index in [2.05, 4.69) is 10.3 Å². The zero-order valence-corrected chi connectivity index (χ0v) is 10.9. The molecule has 3 N–H and O–H groups in total. The van der Waals surface area contributed by atoms with E-state index in [1.165, 1.54) is 24.3 Å². The number of H-pyrrole nitrogens is 1. The predicted molar refractivity (Wildman–Crippen MR) is 78.1 cm³/mol. The van der Waals surface area contributed by atoms with Gasteiger partial charge in [-0.2, -0.15) is 0 Å². The van der Waals surface area contributed by atoms with Crippen LogP contribution in [0.4, 0.5) is 5.69 Å². The largest absolute Gasteiger partial charge is 0.478 e. The van der Waals surface area contributed by atoms with Gasteiger partial charge in [-0.15, -0.1) is 0 Å². The maximum Gasteiger partial charge on any atom is 0.328 e. The fourth-order valence-electron chi connectivity index (χ4n) is 1.67. The molecule has 0 spiro atoms. The van der Waals surface area contributed by atoms with Gasteiger partial charge in [0.05, 0.1) is 0 Å². The first-order valence-electron chi connectivity index (χ1n) is 6.06. The highest BCUT2D eigenvalue weighted by Gasteiger charge is 2.06. The Bertz CT molecular complexity index is 762. The second-order valence-electron chi connectivity index (χ2n) is 4.18. The number of anilines is 1.